The second-order valence-electron chi connectivity index (χ2n) is 4.14. The molecule has 0 atom stereocenters. The molecule has 0 saturated heterocycles. The molecule has 0 aromatic rings. The van der Waals surface area contributed by atoms with Gasteiger partial charge in [0.1, 0.15) is 12.6 Å². The van der Waals surface area contributed by atoms with E-state index in [4.69, 9.17) is 0 Å². The Morgan fingerprint density at radius 3 is 2.00 bits per heavy atom. The van der Waals surface area contributed by atoms with Gasteiger partial charge in [-0.15, -0.1) is 0 Å². The van der Waals surface area contributed by atoms with Crippen LogP contribution in [0.4, 0.5) is 0 Å². The molecule has 0 amide bonds. The third-order valence-corrected chi connectivity index (χ3v) is 7.24. The number of hydrogen-bond acceptors (Lipinski definition) is 3. The molecular weight excluding hydrogens is 195 g/mol. The van der Waals surface area contributed by atoms with E-state index in [9.17, 15) is 4.57 Å². The van der Waals surface area contributed by atoms with Gasteiger partial charge in [0, 0.05) is 31.6 Å². The molecule has 2 aliphatic rings. The zero-order valence-electron chi connectivity index (χ0n) is 8.81. The highest BCUT2D eigenvalue weighted by Crippen LogP contribution is 2.70. The van der Waals surface area contributed by atoms with Crippen LogP contribution in [-0.2, 0) is 4.57 Å². The predicted molar refractivity (Wildman–Crippen MR) is 61.4 cm³/mol. The van der Waals surface area contributed by atoms with Crippen molar-refractivity contribution in [1.29, 1.82) is 0 Å². The summed E-state index contributed by atoms with van der Waals surface area (Å²) in [6.45, 7) is 0. The van der Waals surface area contributed by atoms with Crippen molar-refractivity contribution in [3.05, 3.63) is 0 Å². The van der Waals surface area contributed by atoms with Crippen molar-refractivity contribution in [3.8, 4) is 0 Å². The largest absolute Gasteiger partial charge is 0.316 e. The number of hydrogen-bond donors (Lipinski definition) is 0. The lowest BCUT2D eigenvalue weighted by molar-refractivity contribution is 0.581. The van der Waals surface area contributed by atoms with E-state index in [1.165, 1.54) is 0 Å². The predicted octanol–water partition coefficient (Wildman–Crippen LogP) is 2.40. The highest BCUT2D eigenvalue weighted by Gasteiger charge is 2.53. The summed E-state index contributed by atoms with van der Waals surface area (Å²) in [5.41, 5.74) is 1.66. The van der Waals surface area contributed by atoms with E-state index in [2.05, 4.69) is 9.98 Å². The Bertz CT molecular complexity index is 311. The highest BCUT2D eigenvalue weighted by atomic mass is 31.2. The Morgan fingerprint density at radius 1 is 1.21 bits per heavy atom. The van der Waals surface area contributed by atoms with Crippen LogP contribution in [0.5, 0.6) is 0 Å². The minimum atomic E-state index is -2.17. The van der Waals surface area contributed by atoms with Crippen LogP contribution in [0.2, 0.25) is 0 Å². The minimum Gasteiger partial charge on any atom is -0.316 e. The maximum absolute atomic E-state index is 12.8. The molecule has 2 rings (SSSR count). The zero-order chi connectivity index (χ0) is 10.2. The van der Waals surface area contributed by atoms with Gasteiger partial charge in [-0.3, -0.25) is 9.98 Å². The summed E-state index contributed by atoms with van der Waals surface area (Å²) in [5, 5.41) is 0. The molecular formula is C10H17N2OP. The monoisotopic (exact) mass is 212 g/mol. The van der Waals surface area contributed by atoms with E-state index < -0.39 is 7.14 Å². The van der Waals surface area contributed by atoms with Gasteiger partial charge in [-0.1, -0.05) is 0 Å². The second-order valence-corrected chi connectivity index (χ2v) is 7.48. The normalized spacial score (nSPS) is 24.6. The summed E-state index contributed by atoms with van der Waals surface area (Å²) in [4.78, 5) is 8.14. The van der Waals surface area contributed by atoms with Crippen LogP contribution in [0.3, 0.4) is 0 Å². The quantitative estimate of drug-likeness (QED) is 0.521. The Balaban J connectivity index is 2.29. The lowest BCUT2D eigenvalue weighted by Gasteiger charge is -2.16. The fourth-order valence-corrected chi connectivity index (χ4v) is 5.79. The molecule has 0 heterocycles. The summed E-state index contributed by atoms with van der Waals surface area (Å²) in [5.74, 6) is 0. The first kappa shape index (κ1) is 10.1. The van der Waals surface area contributed by atoms with Gasteiger partial charge < -0.3 is 4.57 Å². The van der Waals surface area contributed by atoms with Crippen molar-refractivity contribution in [3.63, 3.8) is 0 Å². The molecule has 0 aliphatic heterocycles. The van der Waals surface area contributed by atoms with Crippen molar-refractivity contribution in [2.24, 2.45) is 9.98 Å². The smallest absolute Gasteiger partial charge is 0.140 e. The van der Waals surface area contributed by atoms with Gasteiger partial charge in [-0.25, -0.2) is 0 Å². The maximum atomic E-state index is 12.8. The molecule has 0 bridgehead atoms. The van der Waals surface area contributed by atoms with Crippen LogP contribution in [0.15, 0.2) is 9.98 Å². The summed E-state index contributed by atoms with van der Waals surface area (Å²) in [6.07, 6.45) is 6.22. The maximum Gasteiger partial charge on any atom is 0.140 e. The van der Waals surface area contributed by atoms with E-state index >= 15 is 0 Å². The zero-order valence-corrected chi connectivity index (χ0v) is 9.70. The molecule has 78 valence electrons. The van der Waals surface area contributed by atoms with E-state index in [-0.39, 0.29) is 0 Å². The molecule has 0 N–H and O–H groups in total. The third kappa shape index (κ3) is 1.58. The van der Waals surface area contributed by atoms with E-state index in [1.54, 1.807) is 20.3 Å². The Labute approximate surface area is 85.1 Å². The van der Waals surface area contributed by atoms with Crippen LogP contribution >= 0.6 is 7.14 Å². The van der Waals surface area contributed by atoms with Gasteiger partial charge >= 0.3 is 0 Å². The van der Waals surface area contributed by atoms with Gasteiger partial charge in [-0.2, -0.15) is 0 Å². The lowest BCUT2D eigenvalue weighted by Crippen LogP contribution is -2.10. The Morgan fingerprint density at radius 2 is 1.71 bits per heavy atom. The SMILES string of the molecule is C/N=C\C(=N/C)P(=O)(C1CC1)C1CC1. The summed E-state index contributed by atoms with van der Waals surface area (Å²) in [7, 11) is 1.28. The summed E-state index contributed by atoms with van der Waals surface area (Å²) in [6, 6.07) is 0. The molecule has 14 heavy (non-hydrogen) atoms. The Kier molecular flexibility index (Phi) is 2.61. The van der Waals surface area contributed by atoms with Gasteiger partial charge in [0.25, 0.3) is 0 Å². The van der Waals surface area contributed by atoms with Gasteiger partial charge in [0.05, 0.1) is 0 Å². The Hall–Kier alpha value is -0.430. The van der Waals surface area contributed by atoms with Gasteiger partial charge in [0.15, 0.2) is 0 Å². The second kappa shape index (κ2) is 3.62. The van der Waals surface area contributed by atoms with Gasteiger partial charge in [0.2, 0.25) is 0 Å². The van der Waals surface area contributed by atoms with Crippen molar-refractivity contribution in [1.82, 2.24) is 0 Å². The number of rotatable bonds is 4. The standard InChI is InChI=1S/C10H17N2OP/c1-11-7-10(12-2)14(13,8-3-4-8)9-5-6-9/h7-9H,3-6H2,1-2H3/b11-7-,12-10+. The topological polar surface area (TPSA) is 41.8 Å². The number of aliphatic imine (C=N–C) groups is 2. The molecule has 4 heteroatoms. The summed E-state index contributed by atoms with van der Waals surface area (Å²) < 4.78 is 12.8. The fourth-order valence-electron chi connectivity index (χ4n) is 2.01. The molecule has 0 spiro atoms. The van der Waals surface area contributed by atoms with Crippen molar-refractivity contribution >= 4 is 18.8 Å². The van der Waals surface area contributed by atoms with Crippen molar-refractivity contribution in [2.45, 2.75) is 37.0 Å². The van der Waals surface area contributed by atoms with E-state index in [1.807, 2.05) is 0 Å². The molecule has 2 saturated carbocycles. The van der Waals surface area contributed by atoms with Crippen LogP contribution in [0.25, 0.3) is 0 Å². The highest BCUT2D eigenvalue weighted by molar-refractivity contribution is 7.84. The minimum absolute atomic E-state index is 0.437. The van der Waals surface area contributed by atoms with Crippen molar-refractivity contribution < 1.29 is 4.57 Å². The first-order chi connectivity index (χ1) is 6.73. The molecule has 0 aromatic heterocycles. The van der Waals surface area contributed by atoms with Crippen LogP contribution < -0.4 is 0 Å². The number of nitrogens with zero attached hydrogens (tertiary/aromatic N) is 2. The molecule has 2 aliphatic carbocycles. The molecule has 0 radical (unpaired) electrons. The average molecular weight is 212 g/mol. The molecule has 0 aromatic carbocycles. The lowest BCUT2D eigenvalue weighted by atomic mass is 10.8. The third-order valence-electron chi connectivity index (χ3n) is 3.01. The van der Waals surface area contributed by atoms with E-state index in [0.29, 0.717) is 11.3 Å². The van der Waals surface area contributed by atoms with Crippen LogP contribution in [0.1, 0.15) is 25.7 Å². The average Bonchev–Trinajstić information content (AvgIpc) is 3.07. The van der Waals surface area contributed by atoms with Gasteiger partial charge in [-0.05, 0) is 25.7 Å². The van der Waals surface area contributed by atoms with Crippen molar-refractivity contribution in [2.75, 3.05) is 14.1 Å². The molecule has 3 nitrogen and oxygen atoms in total. The van der Waals surface area contributed by atoms with Crippen LogP contribution in [0, 0.1) is 0 Å². The first-order valence-electron chi connectivity index (χ1n) is 5.22. The van der Waals surface area contributed by atoms with Crippen LogP contribution in [-0.4, -0.2) is 37.1 Å². The molecule has 2 fully saturated rings. The fraction of sp³-hybridized carbons (Fsp3) is 0.800. The van der Waals surface area contributed by atoms with E-state index in [0.717, 1.165) is 31.1 Å². The first-order valence-corrected chi connectivity index (χ1v) is 7.07. The molecule has 0 unspecified atom stereocenters. The summed E-state index contributed by atoms with van der Waals surface area (Å²) >= 11 is 0.